The Labute approximate surface area is 128 Å². The average Bonchev–Trinajstić information content (AvgIpc) is 2.69. The summed E-state index contributed by atoms with van der Waals surface area (Å²) >= 11 is 6.11. The molecule has 114 valence electrons. The molecule has 7 heteroatoms. The molecule has 1 aliphatic heterocycles. The summed E-state index contributed by atoms with van der Waals surface area (Å²) in [5, 5.41) is 0.308. The minimum atomic E-state index is -0.639. The van der Waals surface area contributed by atoms with Gasteiger partial charge in [0.05, 0.1) is 24.4 Å². The van der Waals surface area contributed by atoms with Crippen LogP contribution < -0.4 is 9.64 Å². The van der Waals surface area contributed by atoms with E-state index < -0.39 is 12.1 Å². The van der Waals surface area contributed by atoms with Gasteiger partial charge in [-0.15, -0.1) is 0 Å². The number of carbonyl (C=O) groups is 2. The van der Waals surface area contributed by atoms with Crippen LogP contribution in [-0.2, 0) is 9.53 Å². The number of nitrogens with zero attached hydrogens (tertiary/aromatic N) is 2. The van der Waals surface area contributed by atoms with Gasteiger partial charge in [0.25, 0.3) is 5.91 Å². The molecule has 0 spiro atoms. The fraction of sp³-hybridized carbons (Fsp3) is 0.429. The van der Waals surface area contributed by atoms with Gasteiger partial charge in [-0.25, -0.2) is 9.69 Å². The lowest BCUT2D eigenvalue weighted by atomic mass is 10.2. The molecule has 1 atom stereocenters. The van der Waals surface area contributed by atoms with Crippen LogP contribution >= 0.6 is 11.6 Å². The third-order valence-electron chi connectivity index (χ3n) is 3.34. The number of amides is 3. The Morgan fingerprint density at radius 3 is 2.67 bits per heavy atom. The molecule has 0 bridgehead atoms. The van der Waals surface area contributed by atoms with Gasteiger partial charge in [0.1, 0.15) is 11.8 Å². The zero-order valence-electron chi connectivity index (χ0n) is 12.1. The molecule has 0 radical (unpaired) electrons. The van der Waals surface area contributed by atoms with Crippen molar-refractivity contribution in [3.05, 3.63) is 23.2 Å². The maximum atomic E-state index is 12.5. The van der Waals surface area contributed by atoms with Crippen molar-refractivity contribution in [2.45, 2.75) is 13.0 Å². The molecule has 0 aliphatic carbocycles. The average molecular weight is 313 g/mol. The minimum absolute atomic E-state index is 0.162. The van der Waals surface area contributed by atoms with E-state index in [2.05, 4.69) is 0 Å². The predicted octanol–water partition coefficient (Wildman–Crippen LogP) is 2.15. The maximum Gasteiger partial charge on any atom is 0.331 e. The highest BCUT2D eigenvalue weighted by molar-refractivity contribution is 6.36. The van der Waals surface area contributed by atoms with Gasteiger partial charge in [-0.05, 0) is 19.1 Å². The number of halogens is 1. The summed E-state index contributed by atoms with van der Waals surface area (Å²) in [6, 6.07) is 3.75. The van der Waals surface area contributed by atoms with Gasteiger partial charge in [0, 0.05) is 19.7 Å². The number of rotatable bonds is 5. The number of anilines is 1. The van der Waals surface area contributed by atoms with E-state index >= 15 is 0 Å². The van der Waals surface area contributed by atoms with Crippen molar-refractivity contribution in [3.8, 4) is 5.75 Å². The van der Waals surface area contributed by atoms with Gasteiger partial charge in [-0.1, -0.05) is 11.6 Å². The standard InChI is InChI=1S/C14H17ClN2O4/c1-4-21-8-12-13(18)17(14(19)16(12)2)11-7-9(20-3)5-6-10(11)15/h5-7,12H,4,8H2,1-3H3. The molecule has 1 saturated heterocycles. The van der Waals surface area contributed by atoms with Crippen LogP contribution in [0.5, 0.6) is 5.75 Å². The van der Waals surface area contributed by atoms with Gasteiger partial charge in [0.2, 0.25) is 0 Å². The summed E-state index contributed by atoms with van der Waals surface area (Å²) in [6.07, 6.45) is 0. The monoisotopic (exact) mass is 312 g/mol. The summed E-state index contributed by atoms with van der Waals surface area (Å²) in [5.41, 5.74) is 0.317. The highest BCUT2D eigenvalue weighted by Crippen LogP contribution is 2.33. The van der Waals surface area contributed by atoms with Crippen LogP contribution in [0.1, 0.15) is 6.92 Å². The van der Waals surface area contributed by atoms with Gasteiger partial charge < -0.3 is 14.4 Å². The Bertz CT molecular complexity index is 564. The quantitative estimate of drug-likeness (QED) is 0.782. The number of ether oxygens (including phenoxy) is 2. The molecule has 0 N–H and O–H groups in total. The SMILES string of the molecule is CCOCC1C(=O)N(c2cc(OC)ccc2Cl)C(=O)N1C. The molecule has 1 aromatic rings. The number of imide groups is 1. The normalized spacial score (nSPS) is 18.6. The minimum Gasteiger partial charge on any atom is -0.497 e. The Hall–Kier alpha value is -1.79. The summed E-state index contributed by atoms with van der Waals surface area (Å²) in [5.74, 6) is 0.164. The molecular formula is C14H17ClN2O4. The lowest BCUT2D eigenvalue weighted by Crippen LogP contribution is -2.35. The molecule has 1 aromatic carbocycles. The van der Waals surface area contributed by atoms with Crippen LogP contribution in [0.3, 0.4) is 0 Å². The number of hydrogen-bond donors (Lipinski definition) is 0. The molecule has 2 rings (SSSR count). The molecule has 3 amide bonds. The van der Waals surface area contributed by atoms with Gasteiger partial charge in [-0.2, -0.15) is 0 Å². The van der Waals surface area contributed by atoms with Crippen molar-refractivity contribution in [2.24, 2.45) is 0 Å². The van der Waals surface area contributed by atoms with Gasteiger partial charge >= 0.3 is 6.03 Å². The van der Waals surface area contributed by atoms with Crippen LogP contribution in [0.25, 0.3) is 0 Å². The lowest BCUT2D eigenvalue weighted by molar-refractivity contribution is -0.121. The number of methoxy groups -OCH3 is 1. The summed E-state index contributed by atoms with van der Waals surface area (Å²) < 4.78 is 10.4. The van der Waals surface area contributed by atoms with Crippen molar-refractivity contribution >= 4 is 29.2 Å². The topological polar surface area (TPSA) is 59.1 Å². The predicted molar refractivity (Wildman–Crippen MR) is 78.9 cm³/mol. The second kappa shape index (κ2) is 6.32. The first-order chi connectivity index (χ1) is 10.0. The van der Waals surface area contributed by atoms with E-state index in [1.807, 2.05) is 6.92 Å². The highest BCUT2D eigenvalue weighted by atomic mass is 35.5. The molecule has 6 nitrogen and oxygen atoms in total. The van der Waals surface area contributed by atoms with E-state index in [1.54, 1.807) is 25.2 Å². The van der Waals surface area contributed by atoms with Crippen molar-refractivity contribution < 1.29 is 19.1 Å². The van der Waals surface area contributed by atoms with Crippen molar-refractivity contribution in [2.75, 3.05) is 32.3 Å². The van der Waals surface area contributed by atoms with E-state index in [1.165, 1.54) is 12.0 Å². The van der Waals surface area contributed by atoms with Crippen LogP contribution in [0.15, 0.2) is 18.2 Å². The Kier molecular flexibility index (Phi) is 4.69. The Balaban J connectivity index is 2.35. The molecule has 1 fully saturated rings. The summed E-state index contributed by atoms with van der Waals surface area (Å²) in [6.45, 7) is 2.47. The van der Waals surface area contributed by atoms with Crippen molar-refractivity contribution in [3.63, 3.8) is 0 Å². The highest BCUT2D eigenvalue weighted by Gasteiger charge is 2.44. The summed E-state index contributed by atoms with van der Waals surface area (Å²) in [7, 11) is 3.07. The summed E-state index contributed by atoms with van der Waals surface area (Å²) in [4.78, 5) is 27.2. The Morgan fingerprint density at radius 1 is 1.33 bits per heavy atom. The Morgan fingerprint density at radius 2 is 2.05 bits per heavy atom. The maximum absolute atomic E-state index is 12.5. The molecular weight excluding hydrogens is 296 g/mol. The van der Waals surface area contributed by atoms with Gasteiger partial charge in [-0.3, -0.25) is 4.79 Å². The van der Waals surface area contributed by atoms with Crippen LogP contribution in [0, 0.1) is 0 Å². The van der Waals surface area contributed by atoms with E-state index in [-0.39, 0.29) is 12.5 Å². The lowest BCUT2D eigenvalue weighted by Gasteiger charge is -2.16. The van der Waals surface area contributed by atoms with Gasteiger partial charge in [0.15, 0.2) is 0 Å². The fourth-order valence-corrected chi connectivity index (χ4v) is 2.33. The van der Waals surface area contributed by atoms with Crippen molar-refractivity contribution in [1.29, 1.82) is 0 Å². The second-order valence-electron chi connectivity index (χ2n) is 4.56. The largest absolute Gasteiger partial charge is 0.497 e. The van der Waals surface area contributed by atoms with E-state index in [0.717, 1.165) is 4.90 Å². The number of likely N-dealkylation sites (N-methyl/N-ethyl adjacent to an activating group) is 1. The van der Waals surface area contributed by atoms with Crippen molar-refractivity contribution in [1.82, 2.24) is 4.90 Å². The zero-order chi connectivity index (χ0) is 15.6. The van der Waals surface area contributed by atoms with E-state index in [0.29, 0.717) is 23.1 Å². The van der Waals surface area contributed by atoms with Crippen LogP contribution in [0.2, 0.25) is 5.02 Å². The number of carbonyl (C=O) groups excluding carboxylic acids is 2. The second-order valence-corrected chi connectivity index (χ2v) is 4.97. The first-order valence-electron chi connectivity index (χ1n) is 6.53. The zero-order valence-corrected chi connectivity index (χ0v) is 12.9. The number of urea groups is 1. The fourth-order valence-electron chi connectivity index (χ4n) is 2.13. The first-order valence-corrected chi connectivity index (χ1v) is 6.91. The van der Waals surface area contributed by atoms with E-state index in [9.17, 15) is 9.59 Å². The number of benzene rings is 1. The van der Waals surface area contributed by atoms with Crippen LogP contribution in [0.4, 0.5) is 10.5 Å². The first kappa shape index (κ1) is 15.6. The molecule has 1 heterocycles. The van der Waals surface area contributed by atoms with Crippen LogP contribution in [-0.4, -0.2) is 50.3 Å². The van der Waals surface area contributed by atoms with E-state index in [4.69, 9.17) is 21.1 Å². The molecule has 0 saturated carbocycles. The molecule has 0 aromatic heterocycles. The third kappa shape index (κ3) is 2.82. The molecule has 1 unspecified atom stereocenters. The number of hydrogen-bond acceptors (Lipinski definition) is 4. The molecule has 21 heavy (non-hydrogen) atoms. The molecule has 1 aliphatic rings. The smallest absolute Gasteiger partial charge is 0.331 e. The third-order valence-corrected chi connectivity index (χ3v) is 3.66.